The first kappa shape index (κ1) is 17.0. The molecular formula is C26H21N5. The van der Waals surface area contributed by atoms with Crippen molar-refractivity contribution in [2.24, 2.45) is 0 Å². The molecule has 1 fully saturated rings. The Bertz CT molecular complexity index is 1530. The number of hydrogen-bond acceptors (Lipinski definition) is 3. The molecular weight excluding hydrogens is 382 g/mol. The van der Waals surface area contributed by atoms with E-state index in [9.17, 15) is 0 Å². The highest BCUT2D eigenvalue weighted by molar-refractivity contribution is 6.21. The lowest BCUT2D eigenvalue weighted by Crippen LogP contribution is -2.02. The molecule has 4 aromatic heterocycles. The number of aromatic amines is 1. The molecule has 0 radical (unpaired) electrons. The summed E-state index contributed by atoms with van der Waals surface area (Å²) in [5.41, 5.74) is 6.24. The van der Waals surface area contributed by atoms with E-state index in [2.05, 4.69) is 62.1 Å². The maximum absolute atomic E-state index is 5.11. The molecule has 0 unspecified atom stereocenters. The fraction of sp³-hybridized carbons (Fsp3) is 0.192. The third-order valence-corrected chi connectivity index (χ3v) is 6.78. The van der Waals surface area contributed by atoms with Gasteiger partial charge in [0, 0.05) is 51.9 Å². The van der Waals surface area contributed by atoms with Gasteiger partial charge in [-0.15, -0.1) is 0 Å². The quantitative estimate of drug-likeness (QED) is 0.341. The molecule has 1 aliphatic carbocycles. The first-order chi connectivity index (χ1) is 15.4. The Morgan fingerprint density at radius 1 is 0.774 bits per heavy atom. The van der Waals surface area contributed by atoms with Gasteiger partial charge >= 0.3 is 0 Å². The molecule has 2 aromatic carbocycles. The van der Waals surface area contributed by atoms with Crippen LogP contribution in [0.3, 0.4) is 0 Å². The fourth-order valence-electron chi connectivity index (χ4n) is 5.35. The van der Waals surface area contributed by atoms with Gasteiger partial charge in [-0.2, -0.15) is 0 Å². The van der Waals surface area contributed by atoms with E-state index in [0.29, 0.717) is 6.04 Å². The second-order valence-corrected chi connectivity index (χ2v) is 8.51. The number of hydrogen-bond donors (Lipinski definition) is 1. The topological polar surface area (TPSA) is 59.4 Å². The smallest absolute Gasteiger partial charge is 0.140 e. The van der Waals surface area contributed by atoms with Crippen LogP contribution >= 0.6 is 0 Å². The summed E-state index contributed by atoms with van der Waals surface area (Å²) in [6.07, 6.45) is 11.1. The molecule has 6 aromatic rings. The number of rotatable bonds is 2. The van der Waals surface area contributed by atoms with Crippen molar-refractivity contribution in [3.05, 3.63) is 67.1 Å². The molecule has 150 valence electrons. The summed E-state index contributed by atoms with van der Waals surface area (Å²) >= 11 is 0. The predicted molar refractivity (Wildman–Crippen MR) is 125 cm³/mol. The van der Waals surface area contributed by atoms with Gasteiger partial charge in [-0.25, -0.2) is 4.98 Å². The molecule has 0 saturated heterocycles. The molecule has 0 spiro atoms. The molecule has 31 heavy (non-hydrogen) atoms. The molecule has 0 amide bonds. The van der Waals surface area contributed by atoms with E-state index >= 15 is 0 Å². The summed E-state index contributed by atoms with van der Waals surface area (Å²) in [4.78, 5) is 18.0. The van der Waals surface area contributed by atoms with Crippen LogP contribution in [-0.2, 0) is 0 Å². The second-order valence-electron chi connectivity index (χ2n) is 8.51. The molecule has 0 bridgehead atoms. The number of fused-ring (bicyclic) bond motifs is 7. The van der Waals surface area contributed by atoms with Gasteiger partial charge in [-0.3, -0.25) is 9.97 Å². The molecule has 5 heteroatoms. The minimum Gasteiger partial charge on any atom is -0.344 e. The van der Waals surface area contributed by atoms with E-state index in [-0.39, 0.29) is 0 Å². The van der Waals surface area contributed by atoms with Crippen LogP contribution in [0, 0.1) is 0 Å². The second kappa shape index (κ2) is 6.38. The number of benzene rings is 2. The maximum atomic E-state index is 5.11. The minimum atomic E-state index is 0.582. The van der Waals surface area contributed by atoms with Gasteiger partial charge in [0.05, 0.1) is 22.1 Å². The number of nitrogens with zero attached hydrogens (tertiary/aromatic N) is 4. The zero-order chi connectivity index (χ0) is 20.4. The van der Waals surface area contributed by atoms with Crippen molar-refractivity contribution in [3.63, 3.8) is 0 Å². The van der Waals surface area contributed by atoms with Crippen LogP contribution in [-0.4, -0.2) is 24.5 Å². The van der Waals surface area contributed by atoms with Crippen molar-refractivity contribution < 1.29 is 0 Å². The van der Waals surface area contributed by atoms with Crippen molar-refractivity contribution in [2.75, 3.05) is 0 Å². The van der Waals surface area contributed by atoms with Gasteiger partial charge in [0.25, 0.3) is 0 Å². The average molecular weight is 403 g/mol. The van der Waals surface area contributed by atoms with Crippen LogP contribution in [0.1, 0.15) is 31.7 Å². The molecule has 4 heterocycles. The lowest BCUT2D eigenvalue weighted by molar-refractivity contribution is 0.536. The van der Waals surface area contributed by atoms with Crippen LogP contribution in [0.5, 0.6) is 0 Å². The Labute approximate surface area is 178 Å². The predicted octanol–water partition coefficient (Wildman–Crippen LogP) is 6.40. The highest BCUT2D eigenvalue weighted by atomic mass is 15.0. The first-order valence-corrected chi connectivity index (χ1v) is 11.0. The van der Waals surface area contributed by atoms with Gasteiger partial charge in [0.15, 0.2) is 0 Å². The largest absolute Gasteiger partial charge is 0.344 e. The van der Waals surface area contributed by atoms with Crippen LogP contribution in [0.25, 0.3) is 55.1 Å². The molecule has 5 nitrogen and oxygen atoms in total. The van der Waals surface area contributed by atoms with Crippen molar-refractivity contribution in [3.8, 4) is 11.4 Å². The highest BCUT2D eigenvalue weighted by Gasteiger charge is 2.22. The van der Waals surface area contributed by atoms with Gasteiger partial charge in [-0.1, -0.05) is 31.0 Å². The third-order valence-electron chi connectivity index (χ3n) is 6.78. The van der Waals surface area contributed by atoms with Gasteiger partial charge in [0.1, 0.15) is 5.82 Å². The summed E-state index contributed by atoms with van der Waals surface area (Å²) in [7, 11) is 0. The Balaban J connectivity index is 1.55. The Morgan fingerprint density at radius 3 is 2.32 bits per heavy atom. The van der Waals surface area contributed by atoms with Crippen LogP contribution in [0.2, 0.25) is 0 Å². The van der Waals surface area contributed by atoms with Crippen molar-refractivity contribution in [1.29, 1.82) is 0 Å². The van der Waals surface area contributed by atoms with Crippen molar-refractivity contribution in [1.82, 2.24) is 24.5 Å². The zero-order valence-electron chi connectivity index (χ0n) is 17.0. The molecule has 1 aliphatic rings. The minimum absolute atomic E-state index is 0.582. The van der Waals surface area contributed by atoms with E-state index in [1.54, 1.807) is 0 Å². The number of H-pyrrole nitrogens is 1. The number of aromatic nitrogens is 5. The number of para-hydroxylation sites is 1. The van der Waals surface area contributed by atoms with Gasteiger partial charge in [-0.05, 0) is 43.2 Å². The summed E-state index contributed by atoms with van der Waals surface area (Å²) in [6, 6.07) is 17.4. The van der Waals surface area contributed by atoms with E-state index in [4.69, 9.17) is 4.98 Å². The van der Waals surface area contributed by atoms with E-state index in [0.717, 1.165) is 44.2 Å². The lowest BCUT2D eigenvalue weighted by atomic mass is 10.1. The summed E-state index contributed by atoms with van der Waals surface area (Å²) < 4.78 is 2.48. The van der Waals surface area contributed by atoms with E-state index < -0.39 is 0 Å². The Kier molecular flexibility index (Phi) is 3.50. The highest BCUT2D eigenvalue weighted by Crippen LogP contribution is 2.39. The van der Waals surface area contributed by atoms with Gasteiger partial charge < -0.3 is 9.55 Å². The normalized spacial score (nSPS) is 15.1. The fourth-order valence-corrected chi connectivity index (χ4v) is 5.35. The summed E-state index contributed by atoms with van der Waals surface area (Å²) in [5.74, 6) is 0.907. The van der Waals surface area contributed by atoms with Crippen LogP contribution < -0.4 is 0 Å². The van der Waals surface area contributed by atoms with Crippen molar-refractivity contribution in [2.45, 2.75) is 31.7 Å². The Morgan fingerprint density at radius 2 is 1.48 bits per heavy atom. The first-order valence-electron chi connectivity index (χ1n) is 11.0. The zero-order valence-corrected chi connectivity index (χ0v) is 17.0. The van der Waals surface area contributed by atoms with Crippen LogP contribution in [0.15, 0.2) is 67.1 Å². The third kappa shape index (κ3) is 2.40. The maximum Gasteiger partial charge on any atom is 0.140 e. The number of imidazole rings is 1. The SMILES string of the molecule is c1ccc2c(c1)c(-c1nc3c4cccnc4c4ncccc4c3[nH]1)cn2C1CCCC1. The Hall–Kier alpha value is -3.73. The van der Waals surface area contributed by atoms with Crippen LogP contribution in [0.4, 0.5) is 0 Å². The lowest BCUT2D eigenvalue weighted by Gasteiger charge is -2.12. The monoisotopic (exact) mass is 403 g/mol. The van der Waals surface area contributed by atoms with Gasteiger partial charge in [0.2, 0.25) is 0 Å². The molecule has 0 aliphatic heterocycles. The average Bonchev–Trinajstić information content (AvgIpc) is 3.57. The van der Waals surface area contributed by atoms with E-state index in [1.165, 1.54) is 36.6 Å². The molecule has 0 atom stereocenters. The summed E-state index contributed by atoms with van der Waals surface area (Å²) in [5, 5.41) is 3.34. The molecule has 1 N–H and O–H groups in total. The van der Waals surface area contributed by atoms with Crippen molar-refractivity contribution >= 4 is 43.7 Å². The number of pyridine rings is 2. The molecule has 1 saturated carbocycles. The summed E-state index contributed by atoms with van der Waals surface area (Å²) in [6.45, 7) is 0. The standard InChI is InChI=1S/C26H21N5/c1-2-8-16(7-1)31-15-20(17-9-3-4-12-21(17)31)26-29-24-18-10-5-13-27-22(18)23-19(25(24)30-26)11-6-14-28-23/h3-6,9-16H,1-2,7-8H2,(H,29,30). The number of nitrogens with one attached hydrogen (secondary N) is 1. The van der Waals surface area contributed by atoms with E-state index in [1.807, 2.05) is 24.5 Å². The molecule has 7 rings (SSSR count).